The predicted molar refractivity (Wildman–Crippen MR) is 103 cm³/mol. The smallest absolute Gasteiger partial charge is 0.227 e. The molecule has 27 heavy (non-hydrogen) atoms. The van der Waals surface area contributed by atoms with E-state index < -0.39 is 0 Å². The first-order valence-corrected chi connectivity index (χ1v) is 8.88. The molecule has 6 heteroatoms. The summed E-state index contributed by atoms with van der Waals surface area (Å²) in [6.45, 7) is 5.20. The second kappa shape index (κ2) is 8.79. The zero-order chi connectivity index (χ0) is 19.2. The van der Waals surface area contributed by atoms with Gasteiger partial charge in [-0.3, -0.25) is 0 Å². The Balaban J connectivity index is 1.96. The molecular weight excluding hydrogens is 345 g/mol. The zero-order valence-corrected chi connectivity index (χ0v) is 15.8. The lowest BCUT2D eigenvalue weighted by Crippen LogP contribution is -2.29. The molecule has 0 aliphatic rings. The molecule has 0 saturated carbocycles. The molecule has 0 unspecified atom stereocenters. The third kappa shape index (κ3) is 4.72. The number of rotatable bonds is 8. The molecular formula is C21H24FN3O2. The van der Waals surface area contributed by atoms with Crippen LogP contribution in [0.3, 0.4) is 0 Å². The maximum absolute atomic E-state index is 13.2. The van der Waals surface area contributed by atoms with Crippen LogP contribution in [0, 0.1) is 12.7 Å². The lowest BCUT2D eigenvalue weighted by Gasteiger charge is -2.14. The van der Waals surface area contributed by atoms with E-state index in [9.17, 15) is 4.39 Å². The summed E-state index contributed by atoms with van der Waals surface area (Å²) in [5.74, 6) is 0.868. The van der Waals surface area contributed by atoms with Gasteiger partial charge in [0.25, 0.3) is 0 Å². The molecule has 3 aromatic rings. The first-order chi connectivity index (χ1) is 13.1. The largest absolute Gasteiger partial charge is 0.439 e. The molecule has 1 heterocycles. The maximum Gasteiger partial charge on any atom is 0.227 e. The molecule has 1 N–H and O–H groups in total. The van der Waals surface area contributed by atoms with E-state index in [2.05, 4.69) is 17.3 Å². The number of ether oxygens (including phenoxy) is 2. The van der Waals surface area contributed by atoms with Gasteiger partial charge in [-0.25, -0.2) is 9.07 Å². The van der Waals surface area contributed by atoms with Crippen molar-refractivity contribution < 1.29 is 13.9 Å². The van der Waals surface area contributed by atoms with Gasteiger partial charge in [0.2, 0.25) is 5.88 Å². The van der Waals surface area contributed by atoms with Gasteiger partial charge in [-0.15, -0.1) is 0 Å². The molecule has 142 valence electrons. The van der Waals surface area contributed by atoms with E-state index in [1.807, 2.05) is 37.3 Å². The van der Waals surface area contributed by atoms with Crippen LogP contribution in [0.5, 0.6) is 11.6 Å². The summed E-state index contributed by atoms with van der Waals surface area (Å²) in [7, 11) is 1.68. The Hall–Kier alpha value is -2.70. The fourth-order valence-electron chi connectivity index (χ4n) is 2.79. The number of aryl methyl sites for hydroxylation is 1. The van der Waals surface area contributed by atoms with Crippen molar-refractivity contribution in [1.29, 1.82) is 0 Å². The van der Waals surface area contributed by atoms with Crippen LogP contribution in [0.2, 0.25) is 0 Å². The van der Waals surface area contributed by atoms with Crippen LogP contribution in [-0.2, 0) is 11.3 Å². The van der Waals surface area contributed by atoms with E-state index in [0.717, 1.165) is 16.9 Å². The van der Waals surface area contributed by atoms with Crippen molar-refractivity contribution in [3.63, 3.8) is 0 Å². The summed E-state index contributed by atoms with van der Waals surface area (Å²) in [5.41, 5.74) is 2.72. The highest BCUT2D eigenvalue weighted by molar-refractivity contribution is 5.43. The van der Waals surface area contributed by atoms with Gasteiger partial charge in [0.05, 0.1) is 23.6 Å². The van der Waals surface area contributed by atoms with Crippen LogP contribution in [0.25, 0.3) is 5.69 Å². The second-order valence-corrected chi connectivity index (χ2v) is 6.41. The van der Waals surface area contributed by atoms with Gasteiger partial charge in [0, 0.05) is 19.7 Å². The Morgan fingerprint density at radius 3 is 2.48 bits per heavy atom. The van der Waals surface area contributed by atoms with E-state index in [0.29, 0.717) is 24.8 Å². The predicted octanol–water partition coefficient (Wildman–Crippen LogP) is 4.24. The van der Waals surface area contributed by atoms with Crippen LogP contribution in [0.4, 0.5) is 4.39 Å². The summed E-state index contributed by atoms with van der Waals surface area (Å²) < 4.78 is 26.3. The molecule has 0 amide bonds. The molecule has 5 nitrogen and oxygen atoms in total. The van der Waals surface area contributed by atoms with Gasteiger partial charge >= 0.3 is 0 Å². The normalized spacial score (nSPS) is 12.1. The average Bonchev–Trinajstić information content (AvgIpc) is 2.98. The van der Waals surface area contributed by atoms with Crippen molar-refractivity contribution in [2.24, 2.45) is 0 Å². The molecule has 0 saturated heterocycles. The summed E-state index contributed by atoms with van der Waals surface area (Å²) in [4.78, 5) is 0. The third-order valence-electron chi connectivity index (χ3n) is 4.21. The third-order valence-corrected chi connectivity index (χ3v) is 4.21. The molecule has 0 aliphatic heterocycles. The molecule has 0 bridgehead atoms. The van der Waals surface area contributed by atoms with Crippen molar-refractivity contribution in [1.82, 2.24) is 15.1 Å². The molecule has 1 atom stereocenters. The Bertz CT molecular complexity index is 863. The van der Waals surface area contributed by atoms with E-state index >= 15 is 0 Å². The van der Waals surface area contributed by atoms with Crippen LogP contribution in [-0.4, -0.2) is 29.5 Å². The van der Waals surface area contributed by atoms with E-state index in [-0.39, 0.29) is 11.9 Å². The van der Waals surface area contributed by atoms with Crippen molar-refractivity contribution in [3.8, 4) is 17.3 Å². The highest BCUT2D eigenvalue weighted by Crippen LogP contribution is 2.30. The lowest BCUT2D eigenvalue weighted by atomic mass is 10.2. The number of methoxy groups -OCH3 is 1. The summed E-state index contributed by atoms with van der Waals surface area (Å²) >= 11 is 0. The van der Waals surface area contributed by atoms with Gasteiger partial charge in [-0.05, 0) is 50.2 Å². The fourth-order valence-corrected chi connectivity index (χ4v) is 2.79. The van der Waals surface area contributed by atoms with E-state index in [4.69, 9.17) is 9.47 Å². The number of halogens is 1. The number of hydrogen-bond donors (Lipinski definition) is 1. The first-order valence-electron chi connectivity index (χ1n) is 8.88. The summed E-state index contributed by atoms with van der Waals surface area (Å²) in [5, 5.41) is 8.09. The number of aromatic nitrogens is 2. The van der Waals surface area contributed by atoms with Gasteiger partial charge in [0.15, 0.2) is 0 Å². The summed E-state index contributed by atoms with van der Waals surface area (Å²) in [6, 6.07) is 16.0. The minimum Gasteiger partial charge on any atom is -0.439 e. The standard InChI is InChI=1S/C21H24FN3O2/c1-15(14-26-3)23-13-20-16(2)24-25(18-7-5-4-6-8-18)21(20)27-19-11-9-17(22)10-12-19/h4-12,15,23H,13-14H2,1-3H3/t15-/m0/s1. The minimum absolute atomic E-state index is 0.188. The molecule has 0 aliphatic carbocycles. The molecule has 2 aromatic carbocycles. The Morgan fingerprint density at radius 1 is 1.11 bits per heavy atom. The van der Waals surface area contributed by atoms with E-state index in [1.165, 1.54) is 12.1 Å². The highest BCUT2D eigenvalue weighted by Gasteiger charge is 2.19. The Labute approximate surface area is 158 Å². The van der Waals surface area contributed by atoms with Gasteiger partial charge in [-0.1, -0.05) is 18.2 Å². The Kier molecular flexibility index (Phi) is 6.21. The summed E-state index contributed by atoms with van der Waals surface area (Å²) in [6.07, 6.45) is 0. The van der Waals surface area contributed by atoms with E-state index in [1.54, 1.807) is 23.9 Å². The SMILES string of the molecule is COC[C@H](C)NCc1c(C)nn(-c2ccccc2)c1Oc1ccc(F)cc1. The molecule has 0 spiro atoms. The maximum atomic E-state index is 13.2. The molecule has 0 fully saturated rings. The molecule has 0 radical (unpaired) electrons. The molecule has 1 aromatic heterocycles. The monoisotopic (exact) mass is 369 g/mol. The number of nitrogens with zero attached hydrogens (tertiary/aromatic N) is 2. The highest BCUT2D eigenvalue weighted by atomic mass is 19.1. The Morgan fingerprint density at radius 2 is 1.81 bits per heavy atom. The number of benzene rings is 2. The fraction of sp³-hybridized carbons (Fsp3) is 0.286. The van der Waals surface area contributed by atoms with Crippen molar-refractivity contribution in [2.75, 3.05) is 13.7 Å². The van der Waals surface area contributed by atoms with Gasteiger partial charge < -0.3 is 14.8 Å². The van der Waals surface area contributed by atoms with Crippen molar-refractivity contribution in [2.45, 2.75) is 26.4 Å². The number of hydrogen-bond acceptors (Lipinski definition) is 4. The minimum atomic E-state index is -0.301. The number of nitrogens with one attached hydrogen (secondary N) is 1. The van der Waals surface area contributed by atoms with Crippen LogP contribution in [0.15, 0.2) is 54.6 Å². The average molecular weight is 369 g/mol. The van der Waals surface area contributed by atoms with Gasteiger partial charge in [0.1, 0.15) is 11.6 Å². The lowest BCUT2D eigenvalue weighted by molar-refractivity contribution is 0.171. The molecule has 3 rings (SSSR count). The second-order valence-electron chi connectivity index (χ2n) is 6.41. The van der Waals surface area contributed by atoms with Crippen molar-refractivity contribution >= 4 is 0 Å². The van der Waals surface area contributed by atoms with Crippen LogP contribution < -0.4 is 10.1 Å². The topological polar surface area (TPSA) is 48.3 Å². The zero-order valence-electron chi connectivity index (χ0n) is 15.8. The van der Waals surface area contributed by atoms with Crippen LogP contribution in [0.1, 0.15) is 18.2 Å². The van der Waals surface area contributed by atoms with Gasteiger partial charge in [-0.2, -0.15) is 5.10 Å². The first kappa shape index (κ1) is 19.1. The van der Waals surface area contributed by atoms with Crippen molar-refractivity contribution in [3.05, 3.63) is 71.7 Å². The van der Waals surface area contributed by atoms with Crippen LogP contribution >= 0.6 is 0 Å². The quantitative estimate of drug-likeness (QED) is 0.645. The number of para-hydroxylation sites is 1.